The molecule has 0 aliphatic rings. The summed E-state index contributed by atoms with van der Waals surface area (Å²) in [4.78, 5) is 0. The Balaban J connectivity index is 2.55. The van der Waals surface area contributed by atoms with E-state index in [0.29, 0.717) is 5.56 Å². The molecule has 0 amide bonds. The summed E-state index contributed by atoms with van der Waals surface area (Å²) < 4.78 is 38.8. The summed E-state index contributed by atoms with van der Waals surface area (Å²) in [7, 11) is 0. The summed E-state index contributed by atoms with van der Waals surface area (Å²) in [6, 6.07) is 10.9. The van der Waals surface area contributed by atoms with Gasteiger partial charge in [0.1, 0.15) is 0 Å². The van der Waals surface area contributed by atoms with E-state index in [2.05, 4.69) is 15.9 Å². The van der Waals surface area contributed by atoms with Crippen LogP contribution in [0, 0.1) is 6.92 Å². The van der Waals surface area contributed by atoms with Gasteiger partial charge in [-0.1, -0.05) is 30.3 Å². The quantitative estimate of drug-likeness (QED) is 0.657. The fourth-order valence-corrected chi connectivity index (χ4v) is 2.23. The molecule has 0 fully saturated rings. The van der Waals surface area contributed by atoms with E-state index in [-0.39, 0.29) is 0 Å². The Morgan fingerprint density at radius 1 is 1.00 bits per heavy atom. The number of aryl methyl sites for hydroxylation is 1. The van der Waals surface area contributed by atoms with E-state index in [1.807, 2.05) is 19.1 Å². The van der Waals surface area contributed by atoms with E-state index < -0.39 is 11.7 Å². The molecule has 0 aromatic heterocycles. The summed E-state index contributed by atoms with van der Waals surface area (Å²) in [5.41, 5.74) is 1.68. The van der Waals surface area contributed by atoms with Gasteiger partial charge in [-0.05, 0) is 51.7 Å². The average molecular weight is 315 g/mol. The monoisotopic (exact) mass is 314 g/mol. The minimum absolute atomic E-state index is 0.556. The van der Waals surface area contributed by atoms with Crippen LogP contribution in [0.2, 0.25) is 0 Å². The Kier molecular flexibility index (Phi) is 3.48. The van der Waals surface area contributed by atoms with Gasteiger partial charge in [0.2, 0.25) is 0 Å². The lowest BCUT2D eigenvalue weighted by Crippen LogP contribution is -2.04. The number of benzene rings is 2. The predicted octanol–water partition coefficient (Wildman–Crippen LogP) is 5.44. The first-order valence-electron chi connectivity index (χ1n) is 5.32. The third kappa shape index (κ3) is 2.58. The number of halogens is 4. The van der Waals surface area contributed by atoms with Crippen LogP contribution in [-0.2, 0) is 6.18 Å². The normalized spacial score (nSPS) is 11.6. The van der Waals surface area contributed by atoms with Crippen molar-refractivity contribution in [1.29, 1.82) is 0 Å². The molecular formula is C14H10BrF3. The van der Waals surface area contributed by atoms with Gasteiger partial charge < -0.3 is 0 Å². The highest BCUT2D eigenvalue weighted by Gasteiger charge is 2.30. The molecule has 2 rings (SSSR count). The molecule has 0 unspecified atom stereocenters. The second kappa shape index (κ2) is 4.76. The van der Waals surface area contributed by atoms with Gasteiger partial charge in [-0.2, -0.15) is 13.2 Å². The van der Waals surface area contributed by atoms with Crippen molar-refractivity contribution >= 4 is 15.9 Å². The van der Waals surface area contributed by atoms with Gasteiger partial charge >= 0.3 is 6.18 Å². The lowest BCUT2D eigenvalue weighted by atomic mass is 10.0. The molecule has 0 heterocycles. The van der Waals surface area contributed by atoms with Gasteiger partial charge in [0.05, 0.1) is 5.56 Å². The standard InChI is InChI=1S/C14H10BrF3/c1-9-4-2-7-12(13(9)15)10-5-3-6-11(8-10)14(16,17)18/h2-8H,1H3. The molecule has 0 aliphatic heterocycles. The molecule has 0 spiro atoms. The van der Waals surface area contributed by atoms with Gasteiger partial charge in [-0.3, -0.25) is 0 Å². The van der Waals surface area contributed by atoms with Crippen molar-refractivity contribution in [3.63, 3.8) is 0 Å². The molecule has 0 radical (unpaired) electrons. The first-order chi connectivity index (χ1) is 8.39. The Bertz CT molecular complexity index is 573. The fourth-order valence-electron chi connectivity index (χ4n) is 1.73. The average Bonchev–Trinajstić information content (AvgIpc) is 2.32. The summed E-state index contributed by atoms with van der Waals surface area (Å²) >= 11 is 3.41. The first kappa shape index (κ1) is 13.1. The van der Waals surface area contributed by atoms with Crippen LogP contribution in [0.5, 0.6) is 0 Å². The van der Waals surface area contributed by atoms with Gasteiger partial charge in [0.15, 0.2) is 0 Å². The third-order valence-electron chi connectivity index (χ3n) is 2.69. The van der Waals surface area contributed by atoms with Crippen LogP contribution in [0.3, 0.4) is 0 Å². The van der Waals surface area contributed by atoms with E-state index in [9.17, 15) is 13.2 Å². The zero-order chi connectivity index (χ0) is 13.3. The summed E-state index contributed by atoms with van der Waals surface area (Å²) in [6.45, 7) is 1.90. The van der Waals surface area contributed by atoms with Crippen LogP contribution in [0.1, 0.15) is 11.1 Å². The highest BCUT2D eigenvalue weighted by molar-refractivity contribution is 9.10. The lowest BCUT2D eigenvalue weighted by Gasteiger charge is -2.11. The minimum atomic E-state index is -4.31. The first-order valence-corrected chi connectivity index (χ1v) is 6.11. The van der Waals surface area contributed by atoms with Gasteiger partial charge in [0, 0.05) is 4.47 Å². The highest BCUT2D eigenvalue weighted by atomic mass is 79.9. The largest absolute Gasteiger partial charge is 0.416 e. The molecule has 2 aromatic carbocycles. The van der Waals surface area contributed by atoms with Gasteiger partial charge in [-0.25, -0.2) is 0 Å². The van der Waals surface area contributed by atoms with Crippen molar-refractivity contribution in [3.8, 4) is 11.1 Å². The molecule has 0 N–H and O–H groups in total. The molecule has 94 valence electrons. The Morgan fingerprint density at radius 3 is 2.33 bits per heavy atom. The molecule has 18 heavy (non-hydrogen) atoms. The van der Waals surface area contributed by atoms with Crippen molar-refractivity contribution in [1.82, 2.24) is 0 Å². The van der Waals surface area contributed by atoms with Gasteiger partial charge in [-0.15, -0.1) is 0 Å². The Labute approximate surface area is 112 Å². The smallest absolute Gasteiger partial charge is 0.166 e. The van der Waals surface area contributed by atoms with E-state index >= 15 is 0 Å². The second-order valence-electron chi connectivity index (χ2n) is 4.02. The molecule has 0 saturated heterocycles. The van der Waals surface area contributed by atoms with Crippen LogP contribution in [0.25, 0.3) is 11.1 Å². The van der Waals surface area contributed by atoms with E-state index in [0.717, 1.165) is 21.7 Å². The number of hydrogen-bond donors (Lipinski definition) is 0. The van der Waals surface area contributed by atoms with E-state index in [1.165, 1.54) is 12.1 Å². The molecule has 0 atom stereocenters. The zero-order valence-corrected chi connectivity index (χ0v) is 11.1. The number of hydrogen-bond acceptors (Lipinski definition) is 0. The summed E-state index contributed by atoms with van der Waals surface area (Å²) in [5, 5.41) is 0. The van der Waals surface area contributed by atoms with E-state index in [1.54, 1.807) is 12.1 Å². The molecule has 0 bridgehead atoms. The maximum Gasteiger partial charge on any atom is 0.416 e. The molecule has 4 heteroatoms. The summed E-state index contributed by atoms with van der Waals surface area (Å²) in [5.74, 6) is 0. The van der Waals surface area contributed by atoms with Crippen LogP contribution in [0.4, 0.5) is 13.2 Å². The Morgan fingerprint density at radius 2 is 1.67 bits per heavy atom. The fraction of sp³-hybridized carbons (Fsp3) is 0.143. The van der Waals surface area contributed by atoms with Crippen LogP contribution < -0.4 is 0 Å². The maximum absolute atomic E-state index is 12.7. The van der Waals surface area contributed by atoms with E-state index in [4.69, 9.17) is 0 Å². The van der Waals surface area contributed by atoms with Crippen molar-refractivity contribution in [2.75, 3.05) is 0 Å². The lowest BCUT2D eigenvalue weighted by molar-refractivity contribution is -0.137. The second-order valence-corrected chi connectivity index (χ2v) is 4.81. The minimum Gasteiger partial charge on any atom is -0.166 e. The van der Waals surface area contributed by atoms with Crippen LogP contribution in [-0.4, -0.2) is 0 Å². The Hall–Kier alpha value is -1.29. The molecule has 0 aliphatic carbocycles. The van der Waals surface area contributed by atoms with Gasteiger partial charge in [0.25, 0.3) is 0 Å². The van der Waals surface area contributed by atoms with Crippen LogP contribution in [0.15, 0.2) is 46.9 Å². The molecular weight excluding hydrogens is 305 g/mol. The summed E-state index contributed by atoms with van der Waals surface area (Å²) in [6.07, 6.45) is -4.31. The SMILES string of the molecule is Cc1cccc(-c2cccc(C(F)(F)F)c2)c1Br. The topological polar surface area (TPSA) is 0 Å². The zero-order valence-electron chi connectivity index (χ0n) is 9.55. The molecule has 0 saturated carbocycles. The highest BCUT2D eigenvalue weighted by Crippen LogP contribution is 2.35. The van der Waals surface area contributed by atoms with Crippen molar-refractivity contribution < 1.29 is 13.2 Å². The maximum atomic E-state index is 12.7. The predicted molar refractivity (Wildman–Crippen MR) is 69.3 cm³/mol. The van der Waals surface area contributed by atoms with Crippen molar-refractivity contribution in [3.05, 3.63) is 58.1 Å². The molecule has 2 aromatic rings. The number of rotatable bonds is 1. The molecule has 0 nitrogen and oxygen atoms in total. The number of alkyl halides is 3. The third-order valence-corrected chi connectivity index (χ3v) is 3.75. The van der Waals surface area contributed by atoms with Crippen LogP contribution >= 0.6 is 15.9 Å². The van der Waals surface area contributed by atoms with Crippen molar-refractivity contribution in [2.45, 2.75) is 13.1 Å². The van der Waals surface area contributed by atoms with Crippen molar-refractivity contribution in [2.24, 2.45) is 0 Å².